The fraction of sp³-hybridized carbons (Fsp3) is 0. The van der Waals surface area contributed by atoms with Gasteiger partial charge in [-0.1, -0.05) is 0 Å². The van der Waals surface area contributed by atoms with Crippen LogP contribution in [0.25, 0.3) is 0 Å². The molecular weight excluding hydrogens is 139 g/mol. The third-order valence-electron chi connectivity index (χ3n) is 0. The topological polar surface area (TPSA) is 86.2 Å². The zero-order chi connectivity index (χ0) is 4.50. The Labute approximate surface area is 31.4 Å². The first-order valence-corrected chi connectivity index (χ1v) is 3.79. The molecule has 0 saturated carbocycles. The second-order valence-electron chi connectivity index (χ2n) is 0.447. The van der Waals surface area contributed by atoms with Gasteiger partial charge in [0.2, 0.25) is 0 Å². The van der Waals surface area contributed by atoms with Crippen molar-refractivity contribution < 1.29 is 16.0 Å². The number of hydrogen-bond acceptors (Lipinski definition) is 4. The molecule has 0 radical (unpaired) electrons. The SMILES string of the molecule is O=[As]([O-])([O-])[O-]. The molecule has 0 aromatic rings. The number of rotatable bonds is 0. The Bertz CT molecular complexity index is 49.8. The van der Waals surface area contributed by atoms with Crippen LogP contribution in [0.15, 0.2) is 0 Å². The van der Waals surface area contributed by atoms with E-state index in [1.54, 1.807) is 0 Å². The van der Waals surface area contributed by atoms with Gasteiger partial charge in [-0.2, -0.15) is 0 Å². The maximum atomic E-state index is 8.61. The molecule has 0 N–H and O–H groups in total. The fourth-order valence-corrected chi connectivity index (χ4v) is 0. The van der Waals surface area contributed by atoms with Crippen LogP contribution in [0.2, 0.25) is 0 Å². The molecule has 0 spiro atoms. The minimum atomic E-state index is -5.88. The summed E-state index contributed by atoms with van der Waals surface area (Å²) in [6, 6.07) is 0. The van der Waals surface area contributed by atoms with Crippen LogP contribution in [0.3, 0.4) is 0 Å². The van der Waals surface area contributed by atoms with Gasteiger partial charge in [0.1, 0.15) is 0 Å². The van der Waals surface area contributed by atoms with Gasteiger partial charge in [-0.3, -0.25) is 0 Å². The molecular formula is AsO4-3. The summed E-state index contributed by atoms with van der Waals surface area (Å²) in [4.78, 5) is 0. The normalized spacial score (nSPS) is 11.8. The van der Waals surface area contributed by atoms with Gasteiger partial charge >= 0.3 is 30.5 Å². The third-order valence-corrected chi connectivity index (χ3v) is 0. The van der Waals surface area contributed by atoms with Crippen molar-refractivity contribution in [2.45, 2.75) is 0 Å². The molecule has 0 heterocycles. The van der Waals surface area contributed by atoms with Crippen molar-refractivity contribution in [3.8, 4) is 0 Å². The van der Waals surface area contributed by atoms with Gasteiger partial charge < -0.3 is 0 Å². The molecule has 0 rings (SSSR count). The zero-order valence-corrected chi connectivity index (χ0v) is 3.96. The molecule has 0 unspecified atom stereocenters. The van der Waals surface area contributed by atoms with Crippen molar-refractivity contribution in [3.63, 3.8) is 0 Å². The minimum absolute atomic E-state index is 5.88. The summed E-state index contributed by atoms with van der Waals surface area (Å²) in [7, 11) is 0. The van der Waals surface area contributed by atoms with Gasteiger partial charge in [0.15, 0.2) is 0 Å². The molecule has 0 aliphatic rings. The zero-order valence-electron chi connectivity index (χ0n) is 2.08. The van der Waals surface area contributed by atoms with Gasteiger partial charge in [0.25, 0.3) is 0 Å². The second kappa shape index (κ2) is 1.14. The van der Waals surface area contributed by atoms with E-state index in [2.05, 4.69) is 0 Å². The monoisotopic (exact) mass is 139 g/mol. The first-order chi connectivity index (χ1) is 2.00. The Morgan fingerprint density at radius 1 is 1.20 bits per heavy atom. The van der Waals surface area contributed by atoms with Crippen LogP contribution >= 0.6 is 0 Å². The summed E-state index contributed by atoms with van der Waals surface area (Å²) >= 11 is -5.88. The van der Waals surface area contributed by atoms with Crippen LogP contribution in [0.1, 0.15) is 0 Å². The molecule has 0 saturated heterocycles. The van der Waals surface area contributed by atoms with E-state index >= 15 is 0 Å². The average Bonchev–Trinajstić information content (AvgIpc) is 0.722. The molecule has 0 aliphatic carbocycles. The van der Waals surface area contributed by atoms with Gasteiger partial charge in [-0.25, -0.2) is 0 Å². The van der Waals surface area contributed by atoms with Crippen LogP contribution in [-0.4, -0.2) is 14.5 Å². The first-order valence-electron chi connectivity index (χ1n) is 0.730. The summed E-state index contributed by atoms with van der Waals surface area (Å²) in [5.41, 5.74) is 0. The molecule has 5 heavy (non-hydrogen) atoms. The van der Waals surface area contributed by atoms with E-state index in [9.17, 15) is 0 Å². The van der Waals surface area contributed by atoms with Gasteiger partial charge in [-0.15, -0.1) is 0 Å². The van der Waals surface area contributed by atoms with E-state index in [4.69, 9.17) is 16.0 Å². The van der Waals surface area contributed by atoms with Crippen molar-refractivity contribution in [2.75, 3.05) is 0 Å². The van der Waals surface area contributed by atoms with Gasteiger partial charge in [0.05, 0.1) is 0 Å². The molecule has 32 valence electrons. The van der Waals surface area contributed by atoms with Gasteiger partial charge in [0, 0.05) is 0 Å². The number of hydrogen-bond donors (Lipinski definition) is 0. The van der Waals surface area contributed by atoms with Crippen LogP contribution in [0, 0.1) is 0 Å². The molecule has 0 amide bonds. The third kappa shape index (κ3) is 374. The van der Waals surface area contributed by atoms with Crippen molar-refractivity contribution in [1.29, 1.82) is 0 Å². The predicted molar refractivity (Wildman–Crippen MR) is 6.44 cm³/mol. The Balaban J connectivity index is 3.47. The van der Waals surface area contributed by atoms with E-state index < -0.39 is 14.5 Å². The summed E-state index contributed by atoms with van der Waals surface area (Å²) in [5, 5.41) is 0. The second-order valence-corrected chi connectivity index (χ2v) is 2.32. The standard InChI is InChI=1S/AsH3O4/c2-1(3,4)5/h(H3,2,3,4,5)/p-3. The van der Waals surface area contributed by atoms with E-state index in [1.807, 2.05) is 0 Å². The van der Waals surface area contributed by atoms with Crippen LogP contribution in [-0.2, 0) is 3.74 Å². The van der Waals surface area contributed by atoms with Crippen molar-refractivity contribution in [3.05, 3.63) is 0 Å². The molecule has 0 atom stereocenters. The van der Waals surface area contributed by atoms with Crippen molar-refractivity contribution >= 4 is 14.5 Å². The van der Waals surface area contributed by atoms with Crippen molar-refractivity contribution in [2.24, 2.45) is 0 Å². The Morgan fingerprint density at radius 2 is 1.20 bits per heavy atom. The summed E-state index contributed by atoms with van der Waals surface area (Å²) in [6.07, 6.45) is 0. The molecule has 4 nitrogen and oxygen atoms in total. The van der Waals surface area contributed by atoms with E-state index in [0.29, 0.717) is 0 Å². The molecule has 0 fully saturated rings. The molecule has 0 bridgehead atoms. The Hall–Kier alpha value is 0.238. The van der Waals surface area contributed by atoms with E-state index in [-0.39, 0.29) is 0 Å². The molecule has 0 aliphatic heterocycles. The van der Waals surface area contributed by atoms with Crippen LogP contribution in [0.5, 0.6) is 0 Å². The Kier molecular flexibility index (Phi) is 1.20. The average molecular weight is 139 g/mol. The van der Waals surface area contributed by atoms with Crippen LogP contribution < -0.4 is 12.3 Å². The van der Waals surface area contributed by atoms with Crippen molar-refractivity contribution in [1.82, 2.24) is 0 Å². The van der Waals surface area contributed by atoms with E-state index in [0.717, 1.165) is 0 Å². The summed E-state index contributed by atoms with van der Waals surface area (Å²) in [5.74, 6) is 0. The Morgan fingerprint density at radius 3 is 1.20 bits per heavy atom. The molecule has 0 aromatic heterocycles. The van der Waals surface area contributed by atoms with Gasteiger partial charge in [-0.05, 0) is 0 Å². The molecule has 5 heteroatoms. The predicted octanol–water partition coefficient (Wildman–Crippen LogP) is -4.07. The first kappa shape index (κ1) is 5.24. The van der Waals surface area contributed by atoms with Crippen LogP contribution in [0.4, 0.5) is 0 Å². The summed E-state index contributed by atoms with van der Waals surface area (Å²) < 4.78 is 34.4. The van der Waals surface area contributed by atoms with E-state index in [1.165, 1.54) is 0 Å². The quantitative estimate of drug-likeness (QED) is 0.319. The summed E-state index contributed by atoms with van der Waals surface area (Å²) in [6.45, 7) is 0. The maximum absolute atomic E-state index is 8.61. The fourth-order valence-electron chi connectivity index (χ4n) is 0. The molecule has 0 aromatic carbocycles.